The molecule has 0 unspecified atom stereocenters. The normalized spacial score (nSPS) is 17.5. The first-order valence-electron chi connectivity index (χ1n) is 8.06. The predicted molar refractivity (Wildman–Crippen MR) is 99.5 cm³/mol. The Balaban J connectivity index is 2.06. The summed E-state index contributed by atoms with van der Waals surface area (Å²) < 4.78 is 47.5. The Morgan fingerprint density at radius 3 is 2.15 bits per heavy atom. The number of carbonyl (C=O) groups excluding carboxylic acids is 1. The maximum absolute atomic E-state index is 13.3. The van der Waals surface area contributed by atoms with Crippen molar-refractivity contribution in [1.82, 2.24) is 0 Å². The van der Waals surface area contributed by atoms with Crippen LogP contribution in [0.2, 0.25) is 0 Å². The first kappa shape index (κ1) is 18.9. The van der Waals surface area contributed by atoms with Crippen LogP contribution in [-0.2, 0) is 9.84 Å². The van der Waals surface area contributed by atoms with Gasteiger partial charge in [0.15, 0.2) is 9.84 Å². The van der Waals surface area contributed by atoms with Crippen molar-refractivity contribution in [2.24, 2.45) is 0 Å². The third kappa shape index (κ3) is 4.11. The van der Waals surface area contributed by atoms with Crippen molar-refractivity contribution in [2.75, 3.05) is 24.9 Å². The smallest absolute Gasteiger partial charge is 0.259 e. The van der Waals surface area contributed by atoms with E-state index in [9.17, 15) is 17.6 Å². The molecule has 2 aromatic carbocycles. The number of carbonyl (C=O) groups is 1. The van der Waals surface area contributed by atoms with Crippen LogP contribution in [0.5, 0.6) is 11.5 Å². The number of anilines is 1. The van der Waals surface area contributed by atoms with E-state index in [4.69, 9.17) is 9.47 Å². The van der Waals surface area contributed by atoms with Gasteiger partial charge in [0.25, 0.3) is 5.91 Å². The molecule has 3 rings (SSSR count). The number of rotatable bonds is 5. The van der Waals surface area contributed by atoms with Crippen LogP contribution in [0.15, 0.2) is 53.9 Å². The van der Waals surface area contributed by atoms with Crippen molar-refractivity contribution in [3.8, 4) is 11.5 Å². The van der Waals surface area contributed by atoms with E-state index in [2.05, 4.69) is 0 Å². The number of methoxy groups -OCH3 is 2. The van der Waals surface area contributed by atoms with Crippen molar-refractivity contribution < 1.29 is 27.1 Å². The lowest BCUT2D eigenvalue weighted by Crippen LogP contribution is -2.41. The quantitative estimate of drug-likeness (QED) is 0.784. The van der Waals surface area contributed by atoms with E-state index in [1.54, 1.807) is 6.07 Å². The molecule has 8 heteroatoms. The molecule has 0 aromatic heterocycles. The molecular formula is C19H18FNO5S. The van der Waals surface area contributed by atoms with Crippen LogP contribution in [0.4, 0.5) is 10.1 Å². The Morgan fingerprint density at radius 1 is 1.07 bits per heavy atom. The summed E-state index contributed by atoms with van der Waals surface area (Å²) in [6, 6.07) is 9.30. The summed E-state index contributed by atoms with van der Waals surface area (Å²) in [7, 11) is -0.465. The summed E-state index contributed by atoms with van der Waals surface area (Å²) in [5.41, 5.74) is 0.642. The van der Waals surface area contributed by atoms with E-state index in [0.717, 1.165) is 5.41 Å². The zero-order chi connectivity index (χ0) is 19.6. The zero-order valence-electron chi connectivity index (χ0n) is 14.8. The molecule has 1 heterocycles. The molecular weight excluding hydrogens is 373 g/mol. The third-order valence-electron chi connectivity index (χ3n) is 4.16. The number of benzene rings is 2. The van der Waals surface area contributed by atoms with Gasteiger partial charge in [-0.2, -0.15) is 0 Å². The standard InChI is InChI=1S/C19H18FNO5S/c1-25-17-9-13(10-18(11-17)26-2)19(22)21(15-5-3-14(20)4-6-15)16-7-8-27(23,24)12-16/h3-11,16H,12H2,1-2H3/t16-/m1/s1. The summed E-state index contributed by atoms with van der Waals surface area (Å²) in [4.78, 5) is 14.6. The summed E-state index contributed by atoms with van der Waals surface area (Å²) in [6.45, 7) is 0. The first-order valence-corrected chi connectivity index (χ1v) is 9.77. The van der Waals surface area contributed by atoms with Gasteiger partial charge < -0.3 is 14.4 Å². The minimum absolute atomic E-state index is 0.239. The van der Waals surface area contributed by atoms with Gasteiger partial charge >= 0.3 is 0 Å². The molecule has 0 saturated heterocycles. The molecule has 0 fully saturated rings. The van der Waals surface area contributed by atoms with E-state index in [1.807, 2.05) is 0 Å². The molecule has 0 saturated carbocycles. The SMILES string of the molecule is COc1cc(OC)cc(C(=O)N(c2ccc(F)cc2)[C@@H]2C=CS(=O)(=O)C2)c1. The highest BCUT2D eigenvalue weighted by Crippen LogP contribution is 2.28. The Hall–Kier alpha value is -2.87. The molecule has 1 aliphatic rings. The Kier molecular flexibility index (Phi) is 5.18. The van der Waals surface area contributed by atoms with Crippen molar-refractivity contribution >= 4 is 21.4 Å². The van der Waals surface area contributed by atoms with Crippen molar-refractivity contribution in [2.45, 2.75) is 6.04 Å². The number of halogens is 1. The number of ether oxygens (including phenoxy) is 2. The van der Waals surface area contributed by atoms with Gasteiger partial charge in [-0.15, -0.1) is 0 Å². The minimum Gasteiger partial charge on any atom is -0.497 e. The van der Waals surface area contributed by atoms with Gasteiger partial charge in [-0.1, -0.05) is 0 Å². The van der Waals surface area contributed by atoms with Crippen LogP contribution in [0, 0.1) is 5.82 Å². The summed E-state index contributed by atoms with van der Waals surface area (Å²) in [6.07, 6.45) is 1.45. The Labute approximate surface area is 156 Å². The van der Waals surface area contributed by atoms with Crippen LogP contribution in [-0.4, -0.2) is 40.3 Å². The maximum atomic E-state index is 13.3. The maximum Gasteiger partial charge on any atom is 0.259 e. The molecule has 2 aromatic rings. The molecule has 27 heavy (non-hydrogen) atoms. The van der Waals surface area contributed by atoms with Gasteiger partial charge in [0, 0.05) is 22.7 Å². The van der Waals surface area contributed by atoms with E-state index in [-0.39, 0.29) is 11.3 Å². The van der Waals surface area contributed by atoms with Gasteiger partial charge in [0.1, 0.15) is 17.3 Å². The monoisotopic (exact) mass is 391 g/mol. The minimum atomic E-state index is -3.40. The molecule has 1 amide bonds. The topological polar surface area (TPSA) is 72.9 Å². The van der Waals surface area contributed by atoms with Crippen molar-refractivity contribution in [3.05, 3.63) is 65.3 Å². The number of hydrogen-bond donors (Lipinski definition) is 0. The average molecular weight is 391 g/mol. The van der Waals surface area contributed by atoms with Crippen LogP contribution in [0.25, 0.3) is 0 Å². The van der Waals surface area contributed by atoms with Gasteiger partial charge in [0.2, 0.25) is 0 Å². The second kappa shape index (κ2) is 7.40. The van der Waals surface area contributed by atoms with Crippen LogP contribution in [0.3, 0.4) is 0 Å². The van der Waals surface area contributed by atoms with Gasteiger partial charge in [0.05, 0.1) is 26.0 Å². The molecule has 0 aliphatic carbocycles. The van der Waals surface area contributed by atoms with E-state index in [1.165, 1.54) is 61.6 Å². The molecule has 1 atom stereocenters. The number of sulfone groups is 1. The van der Waals surface area contributed by atoms with Gasteiger partial charge in [-0.25, -0.2) is 12.8 Å². The fraction of sp³-hybridized carbons (Fsp3) is 0.211. The Bertz CT molecular complexity index is 963. The van der Waals surface area contributed by atoms with Gasteiger partial charge in [-0.05, 0) is 42.5 Å². The molecule has 0 spiro atoms. The second-order valence-electron chi connectivity index (χ2n) is 5.98. The third-order valence-corrected chi connectivity index (χ3v) is 5.54. The molecule has 0 radical (unpaired) electrons. The number of hydrogen-bond acceptors (Lipinski definition) is 5. The lowest BCUT2D eigenvalue weighted by Gasteiger charge is -2.28. The number of amides is 1. The fourth-order valence-corrected chi connectivity index (χ4v) is 4.12. The summed E-state index contributed by atoms with van der Waals surface area (Å²) >= 11 is 0. The van der Waals surface area contributed by atoms with Crippen LogP contribution in [0.1, 0.15) is 10.4 Å². The largest absolute Gasteiger partial charge is 0.497 e. The summed E-state index contributed by atoms with van der Waals surface area (Å²) in [5.74, 6) is -0.302. The Morgan fingerprint density at radius 2 is 1.67 bits per heavy atom. The van der Waals surface area contributed by atoms with Crippen LogP contribution < -0.4 is 14.4 Å². The van der Waals surface area contributed by atoms with Crippen molar-refractivity contribution in [1.29, 1.82) is 0 Å². The zero-order valence-corrected chi connectivity index (χ0v) is 15.6. The van der Waals surface area contributed by atoms with E-state index >= 15 is 0 Å². The van der Waals surface area contributed by atoms with E-state index < -0.39 is 27.6 Å². The lowest BCUT2D eigenvalue weighted by atomic mass is 10.1. The summed E-state index contributed by atoms with van der Waals surface area (Å²) in [5, 5.41) is 1.09. The molecule has 6 nitrogen and oxygen atoms in total. The second-order valence-corrected chi connectivity index (χ2v) is 7.91. The fourth-order valence-electron chi connectivity index (χ4n) is 2.85. The number of nitrogens with zero attached hydrogens (tertiary/aromatic N) is 1. The van der Waals surface area contributed by atoms with Gasteiger partial charge in [-0.3, -0.25) is 4.79 Å². The highest BCUT2D eigenvalue weighted by atomic mass is 32.2. The van der Waals surface area contributed by atoms with Crippen LogP contribution >= 0.6 is 0 Å². The first-order chi connectivity index (χ1) is 12.8. The van der Waals surface area contributed by atoms with E-state index in [0.29, 0.717) is 17.2 Å². The highest BCUT2D eigenvalue weighted by Gasteiger charge is 2.32. The molecule has 142 valence electrons. The molecule has 1 aliphatic heterocycles. The lowest BCUT2D eigenvalue weighted by molar-refractivity contribution is 0.0982. The highest BCUT2D eigenvalue weighted by molar-refractivity contribution is 7.94. The molecule has 0 bridgehead atoms. The van der Waals surface area contributed by atoms with Crippen molar-refractivity contribution in [3.63, 3.8) is 0 Å². The molecule has 0 N–H and O–H groups in total. The average Bonchev–Trinajstić information content (AvgIpc) is 3.02. The predicted octanol–water partition coefficient (Wildman–Crippen LogP) is 2.80.